The molecule has 1 fully saturated rings. The minimum atomic E-state index is -0.641. The largest absolute Gasteiger partial charge is 0.392 e. The molecule has 0 unspecified atom stereocenters. The lowest BCUT2D eigenvalue weighted by Gasteiger charge is -2.43. The van der Waals surface area contributed by atoms with E-state index < -0.39 is 12.4 Å². The van der Waals surface area contributed by atoms with Crippen LogP contribution in [0.3, 0.4) is 0 Å². The molecule has 1 aromatic heterocycles. The van der Waals surface area contributed by atoms with Gasteiger partial charge in [-0.25, -0.2) is 0 Å². The Balaban J connectivity index is 1.19. The Bertz CT molecular complexity index is 1820. The summed E-state index contributed by atoms with van der Waals surface area (Å²) in [5.74, 6) is -0.154. The molecule has 258 valence electrons. The Kier molecular flexibility index (Phi) is 11.5. The van der Waals surface area contributed by atoms with Gasteiger partial charge in [0.2, 0.25) is 0 Å². The van der Waals surface area contributed by atoms with Gasteiger partial charge in [-0.3, -0.25) is 14.7 Å². The SMILES string of the molecule is C[C@H]1[C@@H](CN(C)[C@@H](C)[C@H](O)c2ccccc2)O[C@@H](c2ccc(-c3cccc(CNC(=O)c4cccnc4)c3)cc2)O[C@H]1c1ccc(CO)cc1. The van der Waals surface area contributed by atoms with Gasteiger partial charge in [0.15, 0.2) is 6.29 Å². The number of likely N-dealkylation sites (N-methyl/N-ethyl adjacent to an activating group) is 1. The van der Waals surface area contributed by atoms with E-state index in [-0.39, 0.29) is 36.7 Å². The van der Waals surface area contributed by atoms with Crippen molar-refractivity contribution in [2.24, 2.45) is 5.92 Å². The number of aliphatic hydroxyl groups excluding tert-OH is 2. The first kappa shape index (κ1) is 35.1. The van der Waals surface area contributed by atoms with E-state index >= 15 is 0 Å². The predicted octanol–water partition coefficient (Wildman–Crippen LogP) is 7.02. The van der Waals surface area contributed by atoms with Crippen LogP contribution in [-0.2, 0) is 22.6 Å². The van der Waals surface area contributed by atoms with Crippen LogP contribution in [0.1, 0.15) is 70.5 Å². The first-order chi connectivity index (χ1) is 24.3. The number of ether oxygens (including phenoxy) is 2. The number of hydrogen-bond donors (Lipinski definition) is 3. The predicted molar refractivity (Wildman–Crippen MR) is 194 cm³/mol. The number of carbonyl (C=O) groups excluding carboxylic acids is 1. The Morgan fingerprint density at radius 3 is 2.30 bits per heavy atom. The van der Waals surface area contributed by atoms with Gasteiger partial charge in [-0.05, 0) is 65.6 Å². The first-order valence-electron chi connectivity index (χ1n) is 17.1. The lowest BCUT2D eigenvalue weighted by atomic mass is 9.89. The van der Waals surface area contributed by atoms with Crippen molar-refractivity contribution in [2.75, 3.05) is 13.6 Å². The summed E-state index contributed by atoms with van der Waals surface area (Å²) in [6.07, 6.45) is 1.52. The molecule has 0 spiro atoms. The molecule has 0 saturated carbocycles. The van der Waals surface area contributed by atoms with Crippen molar-refractivity contribution in [1.29, 1.82) is 0 Å². The minimum Gasteiger partial charge on any atom is -0.392 e. The fourth-order valence-electron chi connectivity index (χ4n) is 6.42. The van der Waals surface area contributed by atoms with Gasteiger partial charge in [-0.2, -0.15) is 0 Å². The van der Waals surface area contributed by atoms with Crippen LogP contribution in [0, 0.1) is 5.92 Å². The molecule has 6 rings (SSSR count). The fraction of sp³-hybridized carbons (Fsp3) is 0.286. The molecular formula is C42H45N3O5. The number of aliphatic hydroxyl groups is 2. The zero-order valence-electron chi connectivity index (χ0n) is 28.7. The third kappa shape index (κ3) is 8.35. The third-order valence-corrected chi connectivity index (χ3v) is 9.70. The van der Waals surface area contributed by atoms with Gasteiger partial charge in [0.05, 0.1) is 30.5 Å². The van der Waals surface area contributed by atoms with Crippen LogP contribution in [0.5, 0.6) is 0 Å². The van der Waals surface area contributed by atoms with E-state index in [0.29, 0.717) is 18.7 Å². The monoisotopic (exact) mass is 671 g/mol. The molecule has 1 amide bonds. The van der Waals surface area contributed by atoms with Gasteiger partial charge in [0.25, 0.3) is 5.91 Å². The summed E-state index contributed by atoms with van der Waals surface area (Å²) in [7, 11) is 2.02. The molecule has 1 saturated heterocycles. The van der Waals surface area contributed by atoms with Crippen LogP contribution in [0.2, 0.25) is 0 Å². The van der Waals surface area contributed by atoms with E-state index in [2.05, 4.69) is 46.4 Å². The topological polar surface area (TPSA) is 104 Å². The number of pyridine rings is 1. The van der Waals surface area contributed by atoms with Crippen LogP contribution < -0.4 is 5.32 Å². The van der Waals surface area contributed by atoms with Gasteiger partial charge in [-0.15, -0.1) is 0 Å². The molecule has 8 nitrogen and oxygen atoms in total. The molecular weight excluding hydrogens is 626 g/mol. The highest BCUT2D eigenvalue weighted by Gasteiger charge is 2.39. The van der Waals surface area contributed by atoms with Gasteiger partial charge < -0.3 is 25.0 Å². The van der Waals surface area contributed by atoms with Crippen LogP contribution in [-0.4, -0.2) is 51.7 Å². The molecule has 8 heteroatoms. The molecule has 0 bridgehead atoms. The van der Waals surface area contributed by atoms with E-state index in [4.69, 9.17) is 9.47 Å². The Labute approximate surface area is 294 Å². The Morgan fingerprint density at radius 1 is 0.860 bits per heavy atom. The average Bonchev–Trinajstić information content (AvgIpc) is 3.18. The Hall–Kier alpha value is -4.70. The van der Waals surface area contributed by atoms with E-state index in [1.54, 1.807) is 24.5 Å². The summed E-state index contributed by atoms with van der Waals surface area (Å²) >= 11 is 0. The second-order valence-corrected chi connectivity index (χ2v) is 13.1. The number of hydrogen-bond acceptors (Lipinski definition) is 7. The lowest BCUT2D eigenvalue weighted by Crippen LogP contribution is -2.46. The molecule has 2 heterocycles. The number of carbonyl (C=O) groups is 1. The van der Waals surface area contributed by atoms with Gasteiger partial charge in [-0.1, -0.05) is 104 Å². The van der Waals surface area contributed by atoms with Crippen LogP contribution >= 0.6 is 0 Å². The molecule has 6 atom stereocenters. The van der Waals surface area contributed by atoms with Crippen molar-refractivity contribution in [3.63, 3.8) is 0 Å². The Morgan fingerprint density at radius 2 is 1.60 bits per heavy atom. The van der Waals surface area contributed by atoms with Crippen molar-refractivity contribution in [3.8, 4) is 11.1 Å². The zero-order chi connectivity index (χ0) is 35.0. The number of nitrogens with zero attached hydrogens (tertiary/aromatic N) is 2. The molecule has 1 aliphatic heterocycles. The van der Waals surface area contributed by atoms with Gasteiger partial charge in [0.1, 0.15) is 0 Å². The summed E-state index contributed by atoms with van der Waals surface area (Å²) < 4.78 is 13.4. The van der Waals surface area contributed by atoms with Crippen LogP contribution in [0.4, 0.5) is 0 Å². The first-order valence-corrected chi connectivity index (χ1v) is 17.1. The minimum absolute atomic E-state index is 0.00963. The molecule has 4 aromatic carbocycles. The van der Waals surface area contributed by atoms with E-state index in [1.807, 2.05) is 92.8 Å². The standard InChI is InChI=1S/C42H45N3O5/c1-28-38(26-45(3)29(2)39(47)33-10-5-4-6-11-33)49-42(50-40(28)34-16-14-30(27-46)15-17-34)35-20-18-32(19-21-35)36-12-7-9-31(23-36)24-44-41(48)37-13-8-22-43-25-37/h4-23,25,28-29,38-40,42,46-47H,24,26-27H2,1-3H3,(H,44,48)/t28-,29-,38+,39-,40+,42+/m0/s1. The van der Waals surface area contributed by atoms with Crippen molar-refractivity contribution < 1.29 is 24.5 Å². The average molecular weight is 672 g/mol. The maximum Gasteiger partial charge on any atom is 0.253 e. The van der Waals surface area contributed by atoms with Crippen molar-refractivity contribution >= 4 is 5.91 Å². The fourth-order valence-corrected chi connectivity index (χ4v) is 6.42. The van der Waals surface area contributed by atoms with E-state index in [0.717, 1.165) is 38.9 Å². The number of rotatable bonds is 12. The van der Waals surface area contributed by atoms with Crippen molar-refractivity contribution in [2.45, 2.75) is 57.6 Å². The summed E-state index contributed by atoms with van der Waals surface area (Å²) in [6, 6.07) is 37.3. The van der Waals surface area contributed by atoms with Crippen molar-refractivity contribution in [3.05, 3.63) is 161 Å². The number of aromatic nitrogens is 1. The quantitative estimate of drug-likeness (QED) is 0.131. The maximum atomic E-state index is 12.5. The zero-order valence-corrected chi connectivity index (χ0v) is 28.7. The highest BCUT2D eigenvalue weighted by Crippen LogP contribution is 2.42. The number of nitrogens with one attached hydrogen (secondary N) is 1. The molecule has 0 radical (unpaired) electrons. The van der Waals surface area contributed by atoms with Crippen LogP contribution in [0.25, 0.3) is 11.1 Å². The summed E-state index contributed by atoms with van der Waals surface area (Å²) in [5.41, 5.74) is 7.25. The maximum absolute atomic E-state index is 12.5. The summed E-state index contributed by atoms with van der Waals surface area (Å²) in [4.78, 5) is 18.7. The van der Waals surface area contributed by atoms with Crippen molar-refractivity contribution in [1.82, 2.24) is 15.2 Å². The second kappa shape index (κ2) is 16.3. The summed E-state index contributed by atoms with van der Waals surface area (Å²) in [6.45, 7) is 5.16. The van der Waals surface area contributed by atoms with Gasteiger partial charge >= 0.3 is 0 Å². The highest BCUT2D eigenvalue weighted by molar-refractivity contribution is 5.93. The third-order valence-electron chi connectivity index (χ3n) is 9.70. The molecule has 1 aliphatic rings. The van der Waals surface area contributed by atoms with Crippen LogP contribution in [0.15, 0.2) is 128 Å². The lowest BCUT2D eigenvalue weighted by molar-refractivity contribution is -0.276. The normalized spacial score (nSPS) is 20.3. The second-order valence-electron chi connectivity index (χ2n) is 13.1. The molecule has 0 aliphatic carbocycles. The van der Waals surface area contributed by atoms with E-state index in [1.165, 1.54) is 0 Å². The molecule has 50 heavy (non-hydrogen) atoms. The molecule has 3 N–H and O–H groups in total. The molecule has 5 aromatic rings. The summed E-state index contributed by atoms with van der Waals surface area (Å²) in [5, 5.41) is 23.7. The highest BCUT2D eigenvalue weighted by atomic mass is 16.7. The number of amides is 1. The van der Waals surface area contributed by atoms with Gasteiger partial charge in [0, 0.05) is 43.0 Å². The smallest absolute Gasteiger partial charge is 0.253 e. The number of benzene rings is 4. The van der Waals surface area contributed by atoms with E-state index in [9.17, 15) is 15.0 Å².